The lowest BCUT2D eigenvalue weighted by Crippen LogP contribution is -2.31. The van der Waals surface area contributed by atoms with Crippen LogP contribution in [0.2, 0.25) is 0 Å². The summed E-state index contributed by atoms with van der Waals surface area (Å²) in [4.78, 5) is 0.951. The van der Waals surface area contributed by atoms with Crippen molar-refractivity contribution in [2.75, 3.05) is 13.1 Å². The normalized spacial score (nSPS) is 19.1. The van der Waals surface area contributed by atoms with Crippen molar-refractivity contribution < 1.29 is 4.21 Å². The number of rotatable bonds is 4. The Kier molecular flexibility index (Phi) is 4.75. The van der Waals surface area contributed by atoms with E-state index in [9.17, 15) is 4.21 Å². The highest BCUT2D eigenvalue weighted by molar-refractivity contribution is 7.82. The van der Waals surface area contributed by atoms with E-state index in [-0.39, 0.29) is 0 Å². The summed E-state index contributed by atoms with van der Waals surface area (Å²) in [7, 11) is -0.949. The van der Waals surface area contributed by atoms with E-state index in [1.807, 2.05) is 12.1 Å². The van der Waals surface area contributed by atoms with Crippen molar-refractivity contribution in [3.05, 3.63) is 29.8 Å². The summed E-state index contributed by atoms with van der Waals surface area (Å²) in [5.74, 6) is 0. The molecule has 1 aliphatic rings. The molecule has 3 heteroatoms. The second kappa shape index (κ2) is 6.31. The summed E-state index contributed by atoms with van der Waals surface area (Å²) in [5.41, 5.74) is 1.34. The Morgan fingerprint density at radius 1 is 1.12 bits per heavy atom. The van der Waals surface area contributed by atoms with Gasteiger partial charge in [0.05, 0.1) is 4.90 Å². The van der Waals surface area contributed by atoms with Crippen molar-refractivity contribution >= 4 is 11.0 Å². The van der Waals surface area contributed by atoms with Gasteiger partial charge in [0.25, 0.3) is 0 Å². The number of aryl methyl sites for hydroxylation is 1. The zero-order valence-corrected chi connectivity index (χ0v) is 11.3. The molecule has 94 valence electrons. The Balaban J connectivity index is 2.03. The molecule has 1 unspecified atom stereocenters. The average molecular weight is 251 g/mol. The molecule has 1 aliphatic heterocycles. The second-order valence-electron chi connectivity index (χ2n) is 4.63. The zero-order chi connectivity index (χ0) is 12.1. The second-order valence-corrected chi connectivity index (χ2v) is 6.12. The maximum atomic E-state index is 12.3. The molecule has 1 atom stereocenters. The SMILES string of the molecule is CCCc1ccc(S(=O)N2CCCCC2)cc1. The number of nitrogens with zero attached hydrogens (tertiary/aromatic N) is 1. The predicted molar refractivity (Wildman–Crippen MR) is 72.3 cm³/mol. The molecule has 0 aliphatic carbocycles. The largest absolute Gasteiger partial charge is 0.237 e. The highest BCUT2D eigenvalue weighted by Crippen LogP contribution is 2.17. The first-order valence-corrected chi connectivity index (χ1v) is 7.67. The lowest BCUT2D eigenvalue weighted by Gasteiger charge is -2.25. The van der Waals surface area contributed by atoms with Crippen LogP contribution >= 0.6 is 0 Å². The maximum Gasteiger partial charge on any atom is 0.127 e. The van der Waals surface area contributed by atoms with Crippen molar-refractivity contribution in [1.82, 2.24) is 4.31 Å². The first kappa shape index (κ1) is 12.8. The van der Waals surface area contributed by atoms with Crippen molar-refractivity contribution in [1.29, 1.82) is 0 Å². The summed E-state index contributed by atoms with van der Waals surface area (Å²) < 4.78 is 14.4. The minimum Gasteiger partial charge on any atom is -0.237 e. The first-order chi connectivity index (χ1) is 8.31. The van der Waals surface area contributed by atoms with Gasteiger partial charge < -0.3 is 0 Å². The van der Waals surface area contributed by atoms with Crippen molar-refractivity contribution in [3.63, 3.8) is 0 Å². The molecule has 1 aromatic carbocycles. The molecule has 0 saturated carbocycles. The molecule has 1 heterocycles. The van der Waals surface area contributed by atoms with Crippen LogP contribution in [-0.2, 0) is 17.4 Å². The van der Waals surface area contributed by atoms with Gasteiger partial charge in [-0.05, 0) is 37.0 Å². The first-order valence-electron chi connectivity index (χ1n) is 6.57. The Morgan fingerprint density at radius 3 is 2.35 bits per heavy atom. The Hall–Kier alpha value is -0.670. The van der Waals surface area contributed by atoms with Gasteiger partial charge in [-0.2, -0.15) is 0 Å². The number of hydrogen-bond donors (Lipinski definition) is 0. The van der Waals surface area contributed by atoms with Gasteiger partial charge in [-0.1, -0.05) is 31.9 Å². The Labute approximate surface area is 107 Å². The van der Waals surface area contributed by atoms with Crippen LogP contribution in [0.4, 0.5) is 0 Å². The van der Waals surface area contributed by atoms with Crippen LogP contribution in [-0.4, -0.2) is 21.6 Å². The van der Waals surface area contributed by atoms with Crippen molar-refractivity contribution in [2.45, 2.75) is 43.9 Å². The fraction of sp³-hybridized carbons (Fsp3) is 0.571. The topological polar surface area (TPSA) is 20.3 Å². The minimum atomic E-state index is -0.949. The summed E-state index contributed by atoms with van der Waals surface area (Å²) >= 11 is 0. The molecule has 0 amide bonds. The number of benzene rings is 1. The van der Waals surface area contributed by atoms with E-state index in [2.05, 4.69) is 23.4 Å². The monoisotopic (exact) mass is 251 g/mol. The van der Waals surface area contributed by atoms with E-state index in [0.717, 1.165) is 30.8 Å². The molecule has 2 rings (SSSR count). The predicted octanol–water partition coefficient (Wildman–Crippen LogP) is 3.15. The summed E-state index contributed by atoms with van der Waals surface area (Å²) in [6, 6.07) is 8.27. The molecule has 1 saturated heterocycles. The Bertz CT molecular complexity index is 368. The quantitative estimate of drug-likeness (QED) is 0.805. The van der Waals surface area contributed by atoms with Crippen LogP contribution < -0.4 is 0 Å². The number of hydrogen-bond acceptors (Lipinski definition) is 1. The van der Waals surface area contributed by atoms with Gasteiger partial charge in [0.15, 0.2) is 0 Å². The average Bonchev–Trinajstić information content (AvgIpc) is 2.40. The van der Waals surface area contributed by atoms with Crippen molar-refractivity contribution in [3.8, 4) is 0 Å². The van der Waals surface area contributed by atoms with Gasteiger partial charge in [-0.3, -0.25) is 0 Å². The molecule has 0 bridgehead atoms. The molecule has 0 radical (unpaired) electrons. The van der Waals surface area contributed by atoms with E-state index in [1.165, 1.54) is 24.8 Å². The van der Waals surface area contributed by atoms with Gasteiger partial charge in [-0.15, -0.1) is 0 Å². The smallest absolute Gasteiger partial charge is 0.127 e. The fourth-order valence-electron chi connectivity index (χ4n) is 2.24. The lowest BCUT2D eigenvalue weighted by atomic mass is 10.1. The molecule has 1 aromatic rings. The van der Waals surface area contributed by atoms with Crippen LogP contribution in [0.3, 0.4) is 0 Å². The molecular weight excluding hydrogens is 230 g/mol. The van der Waals surface area contributed by atoms with E-state index < -0.39 is 11.0 Å². The van der Waals surface area contributed by atoms with Crippen LogP contribution in [0.5, 0.6) is 0 Å². The summed E-state index contributed by atoms with van der Waals surface area (Å²) in [6.45, 7) is 4.13. The summed E-state index contributed by atoms with van der Waals surface area (Å²) in [6.07, 6.45) is 5.91. The van der Waals surface area contributed by atoms with Crippen LogP contribution in [0, 0.1) is 0 Å². The molecular formula is C14H21NOS. The standard InChI is InChI=1S/C14H21NOS/c1-2-6-13-7-9-14(10-8-13)17(16)15-11-4-3-5-12-15/h7-10H,2-6,11-12H2,1H3. The van der Waals surface area contributed by atoms with Crippen molar-refractivity contribution in [2.24, 2.45) is 0 Å². The third-order valence-corrected chi connectivity index (χ3v) is 4.72. The van der Waals surface area contributed by atoms with E-state index in [4.69, 9.17) is 0 Å². The molecule has 2 nitrogen and oxygen atoms in total. The van der Waals surface area contributed by atoms with E-state index in [0.29, 0.717) is 0 Å². The maximum absolute atomic E-state index is 12.3. The highest BCUT2D eigenvalue weighted by Gasteiger charge is 2.17. The van der Waals surface area contributed by atoms with Crippen LogP contribution in [0.1, 0.15) is 38.2 Å². The van der Waals surface area contributed by atoms with E-state index >= 15 is 0 Å². The van der Waals surface area contributed by atoms with Gasteiger partial charge in [0.1, 0.15) is 11.0 Å². The van der Waals surface area contributed by atoms with Gasteiger partial charge in [0, 0.05) is 13.1 Å². The third kappa shape index (κ3) is 3.39. The Morgan fingerprint density at radius 2 is 1.76 bits per heavy atom. The number of piperidine rings is 1. The molecule has 17 heavy (non-hydrogen) atoms. The highest BCUT2D eigenvalue weighted by atomic mass is 32.2. The molecule has 0 spiro atoms. The van der Waals surface area contributed by atoms with Gasteiger partial charge >= 0.3 is 0 Å². The molecule has 1 fully saturated rings. The van der Waals surface area contributed by atoms with Crippen LogP contribution in [0.25, 0.3) is 0 Å². The van der Waals surface area contributed by atoms with E-state index in [1.54, 1.807) is 0 Å². The third-order valence-electron chi connectivity index (χ3n) is 3.21. The summed E-state index contributed by atoms with van der Waals surface area (Å²) in [5, 5.41) is 0. The van der Waals surface area contributed by atoms with Crippen LogP contribution in [0.15, 0.2) is 29.2 Å². The zero-order valence-electron chi connectivity index (χ0n) is 10.5. The molecule has 0 aromatic heterocycles. The van der Waals surface area contributed by atoms with Gasteiger partial charge in [-0.25, -0.2) is 8.51 Å². The molecule has 0 N–H and O–H groups in total. The van der Waals surface area contributed by atoms with Gasteiger partial charge in [0.2, 0.25) is 0 Å². The minimum absolute atomic E-state index is 0.949. The fourth-order valence-corrected chi connectivity index (χ4v) is 3.50. The lowest BCUT2D eigenvalue weighted by molar-refractivity contribution is 0.365.